The summed E-state index contributed by atoms with van der Waals surface area (Å²) in [6.07, 6.45) is 3.34. The molecule has 2 aromatic rings. The lowest BCUT2D eigenvalue weighted by Gasteiger charge is -2.32. The molecule has 3 rings (SSSR count). The van der Waals surface area contributed by atoms with Gasteiger partial charge in [0.2, 0.25) is 5.90 Å². The standard InChI is InChI=1S/C20H27N7O2/c1-13-5-3-6-14(24-13)11-27-8-4-7-15(12-27)25-20(28)26-18-9-17(21)16(10-23-18)19(22)29-2/h3,5-6,9-10,15,22H,4,7-8,11-12H2,1-2H3,(H4,21,23,25,26,28)/t15-/m1/s1. The van der Waals surface area contributed by atoms with Crippen LogP contribution < -0.4 is 16.4 Å². The van der Waals surface area contributed by atoms with Crippen molar-refractivity contribution >= 4 is 23.4 Å². The smallest absolute Gasteiger partial charge is 0.320 e. The van der Waals surface area contributed by atoms with Crippen LogP contribution in [0.5, 0.6) is 0 Å². The lowest BCUT2D eigenvalue weighted by Crippen LogP contribution is -2.48. The fourth-order valence-electron chi connectivity index (χ4n) is 3.41. The highest BCUT2D eigenvalue weighted by Gasteiger charge is 2.22. The van der Waals surface area contributed by atoms with Crippen molar-refractivity contribution in [3.05, 3.63) is 47.4 Å². The molecule has 0 aliphatic carbocycles. The van der Waals surface area contributed by atoms with E-state index in [2.05, 4.69) is 25.5 Å². The van der Waals surface area contributed by atoms with Gasteiger partial charge in [-0.25, -0.2) is 9.78 Å². The van der Waals surface area contributed by atoms with Crippen molar-refractivity contribution in [3.63, 3.8) is 0 Å². The number of amides is 2. The minimum atomic E-state index is -0.327. The number of carbonyl (C=O) groups excluding carboxylic acids is 1. The Morgan fingerprint density at radius 3 is 3.00 bits per heavy atom. The number of rotatable bonds is 5. The van der Waals surface area contributed by atoms with Gasteiger partial charge < -0.3 is 15.8 Å². The van der Waals surface area contributed by atoms with E-state index in [-0.39, 0.29) is 18.0 Å². The third-order valence-electron chi connectivity index (χ3n) is 4.80. The maximum absolute atomic E-state index is 12.4. The zero-order chi connectivity index (χ0) is 20.8. The van der Waals surface area contributed by atoms with Crippen molar-refractivity contribution < 1.29 is 9.53 Å². The first-order valence-electron chi connectivity index (χ1n) is 9.55. The van der Waals surface area contributed by atoms with Crippen LogP contribution in [0.15, 0.2) is 30.5 Å². The molecule has 0 saturated carbocycles. The molecule has 1 atom stereocenters. The summed E-state index contributed by atoms with van der Waals surface area (Å²) in [7, 11) is 1.39. The lowest BCUT2D eigenvalue weighted by molar-refractivity contribution is 0.182. The van der Waals surface area contributed by atoms with E-state index in [1.165, 1.54) is 19.4 Å². The molecule has 2 amide bonds. The van der Waals surface area contributed by atoms with Crippen LogP contribution in [0.2, 0.25) is 0 Å². The van der Waals surface area contributed by atoms with Gasteiger partial charge in [0.25, 0.3) is 0 Å². The fraction of sp³-hybridized carbons (Fsp3) is 0.400. The van der Waals surface area contributed by atoms with E-state index in [0.29, 0.717) is 17.1 Å². The van der Waals surface area contributed by atoms with Crippen molar-refractivity contribution in [1.29, 1.82) is 5.41 Å². The minimum absolute atomic E-state index is 0.0480. The Bertz CT molecular complexity index is 887. The van der Waals surface area contributed by atoms with Crippen LogP contribution in [0.3, 0.4) is 0 Å². The number of nitrogens with zero attached hydrogens (tertiary/aromatic N) is 3. The first-order chi connectivity index (χ1) is 13.9. The molecular weight excluding hydrogens is 370 g/mol. The highest BCUT2D eigenvalue weighted by Crippen LogP contribution is 2.17. The second-order valence-electron chi connectivity index (χ2n) is 7.13. The molecule has 29 heavy (non-hydrogen) atoms. The van der Waals surface area contributed by atoms with E-state index in [4.69, 9.17) is 15.9 Å². The average Bonchev–Trinajstić information content (AvgIpc) is 2.68. The first-order valence-corrected chi connectivity index (χ1v) is 9.55. The van der Waals surface area contributed by atoms with E-state index in [1.807, 2.05) is 25.1 Å². The molecule has 1 aliphatic rings. The van der Waals surface area contributed by atoms with E-state index in [1.54, 1.807) is 0 Å². The van der Waals surface area contributed by atoms with Gasteiger partial charge in [0.05, 0.1) is 18.4 Å². The molecule has 9 nitrogen and oxygen atoms in total. The normalized spacial score (nSPS) is 16.8. The van der Waals surface area contributed by atoms with Crippen molar-refractivity contribution in [2.75, 3.05) is 31.2 Å². The van der Waals surface area contributed by atoms with Gasteiger partial charge in [-0.3, -0.25) is 20.6 Å². The van der Waals surface area contributed by atoms with E-state index >= 15 is 0 Å². The van der Waals surface area contributed by atoms with Crippen molar-refractivity contribution in [1.82, 2.24) is 20.2 Å². The number of aryl methyl sites for hydroxylation is 1. The zero-order valence-corrected chi connectivity index (χ0v) is 16.7. The lowest BCUT2D eigenvalue weighted by atomic mass is 10.1. The Hall–Kier alpha value is -3.20. The third-order valence-corrected chi connectivity index (χ3v) is 4.80. The van der Waals surface area contributed by atoms with Gasteiger partial charge in [-0.1, -0.05) is 6.07 Å². The third kappa shape index (κ3) is 5.64. The molecule has 0 bridgehead atoms. The number of aromatic nitrogens is 2. The summed E-state index contributed by atoms with van der Waals surface area (Å²) in [4.78, 5) is 23.4. The van der Waals surface area contributed by atoms with Crippen LogP contribution in [-0.4, -0.2) is 53.0 Å². The molecule has 1 saturated heterocycles. The van der Waals surface area contributed by atoms with Crippen molar-refractivity contribution in [2.24, 2.45) is 0 Å². The summed E-state index contributed by atoms with van der Waals surface area (Å²) in [6, 6.07) is 7.26. The maximum atomic E-state index is 12.4. The molecule has 0 spiro atoms. The number of methoxy groups -OCH3 is 1. The van der Waals surface area contributed by atoms with Gasteiger partial charge in [-0.2, -0.15) is 0 Å². The second-order valence-corrected chi connectivity index (χ2v) is 7.13. The molecule has 0 aromatic carbocycles. The molecule has 0 unspecified atom stereocenters. The van der Waals surface area contributed by atoms with Crippen molar-refractivity contribution in [3.8, 4) is 0 Å². The summed E-state index contributed by atoms with van der Waals surface area (Å²) in [5.74, 6) is 0.251. The molecular formula is C20H27N7O2. The highest BCUT2D eigenvalue weighted by atomic mass is 16.5. The van der Waals surface area contributed by atoms with Crippen LogP contribution in [-0.2, 0) is 11.3 Å². The molecule has 0 radical (unpaired) electrons. The van der Waals surface area contributed by atoms with Crippen LogP contribution in [0.1, 0.15) is 29.8 Å². The number of hydrogen-bond donors (Lipinski definition) is 4. The predicted octanol–water partition coefficient (Wildman–Crippen LogP) is 2.13. The van der Waals surface area contributed by atoms with Crippen LogP contribution in [0, 0.1) is 12.3 Å². The van der Waals surface area contributed by atoms with E-state index in [9.17, 15) is 4.79 Å². The van der Waals surface area contributed by atoms with Crippen molar-refractivity contribution in [2.45, 2.75) is 32.4 Å². The van der Waals surface area contributed by atoms with E-state index in [0.717, 1.165) is 43.9 Å². The average molecular weight is 397 g/mol. The topological polar surface area (TPSA) is 129 Å². The number of ether oxygens (including phenoxy) is 1. The molecule has 9 heteroatoms. The van der Waals surface area contributed by atoms with Crippen LogP contribution in [0.25, 0.3) is 0 Å². The summed E-state index contributed by atoms with van der Waals surface area (Å²) < 4.78 is 4.85. The van der Waals surface area contributed by atoms with Crippen LogP contribution in [0.4, 0.5) is 16.3 Å². The molecule has 154 valence electrons. The summed E-state index contributed by atoms with van der Waals surface area (Å²) >= 11 is 0. The number of nitrogens with one attached hydrogen (secondary N) is 3. The van der Waals surface area contributed by atoms with Gasteiger partial charge >= 0.3 is 6.03 Å². The Balaban J connectivity index is 1.53. The molecule has 1 aliphatic heterocycles. The number of nitrogens with two attached hydrogens (primary N) is 1. The number of nitrogen functional groups attached to an aromatic ring is 1. The molecule has 2 aromatic heterocycles. The van der Waals surface area contributed by atoms with Crippen LogP contribution >= 0.6 is 0 Å². The minimum Gasteiger partial charge on any atom is -0.481 e. The Labute approximate surface area is 170 Å². The Morgan fingerprint density at radius 1 is 1.45 bits per heavy atom. The maximum Gasteiger partial charge on any atom is 0.320 e. The van der Waals surface area contributed by atoms with E-state index < -0.39 is 0 Å². The number of pyridine rings is 2. The quantitative estimate of drug-likeness (QED) is 0.452. The number of urea groups is 1. The number of hydrogen-bond acceptors (Lipinski definition) is 7. The SMILES string of the molecule is COC(=N)c1cnc(NC(=O)N[C@@H]2CCCN(Cc3cccc(C)n3)C2)cc1N. The fourth-order valence-corrected chi connectivity index (χ4v) is 3.41. The first kappa shape index (κ1) is 20.5. The summed E-state index contributed by atoms with van der Waals surface area (Å²) in [5.41, 5.74) is 8.66. The van der Waals surface area contributed by atoms with Gasteiger partial charge in [0, 0.05) is 42.8 Å². The Kier molecular flexibility index (Phi) is 6.61. The molecule has 1 fully saturated rings. The number of carbonyl (C=O) groups is 1. The number of anilines is 2. The zero-order valence-electron chi connectivity index (χ0n) is 16.7. The van der Waals surface area contributed by atoms with Gasteiger partial charge in [-0.15, -0.1) is 0 Å². The largest absolute Gasteiger partial charge is 0.481 e. The number of piperidine rings is 1. The monoisotopic (exact) mass is 397 g/mol. The molecule has 5 N–H and O–H groups in total. The highest BCUT2D eigenvalue weighted by molar-refractivity contribution is 5.97. The number of likely N-dealkylation sites (tertiary alicyclic amines) is 1. The van der Waals surface area contributed by atoms with Gasteiger partial charge in [0.1, 0.15) is 5.82 Å². The summed E-state index contributed by atoms with van der Waals surface area (Å²) in [6.45, 7) is 4.51. The predicted molar refractivity (Wildman–Crippen MR) is 112 cm³/mol. The van der Waals surface area contributed by atoms with Gasteiger partial charge in [0.15, 0.2) is 0 Å². The molecule has 3 heterocycles. The Morgan fingerprint density at radius 2 is 2.28 bits per heavy atom. The van der Waals surface area contributed by atoms with Gasteiger partial charge in [-0.05, 0) is 38.4 Å². The second kappa shape index (κ2) is 9.33. The summed E-state index contributed by atoms with van der Waals surface area (Å²) in [5, 5.41) is 13.4.